The Kier molecular flexibility index (Phi) is 4.17. The van der Waals surface area contributed by atoms with Gasteiger partial charge in [0.05, 0.1) is 0 Å². The molecule has 0 fully saturated rings. The second-order valence-electron chi connectivity index (χ2n) is 4.04. The summed E-state index contributed by atoms with van der Waals surface area (Å²) in [5.41, 5.74) is 0.570. The molecule has 0 spiro atoms. The molecule has 0 aliphatic rings. The van der Waals surface area contributed by atoms with E-state index in [9.17, 15) is 13.6 Å². The van der Waals surface area contributed by atoms with Gasteiger partial charge in [0.2, 0.25) is 0 Å². The van der Waals surface area contributed by atoms with Crippen molar-refractivity contribution in [2.24, 2.45) is 0 Å². The Balaban J connectivity index is 2.25. The van der Waals surface area contributed by atoms with Crippen LogP contribution in [0.3, 0.4) is 0 Å². The van der Waals surface area contributed by atoms with E-state index in [2.05, 4.69) is 0 Å². The standard InChI is InChI=1S/C14H8Cl2F2O/c15-10-4-9(5-11(16)6-10)14(19)3-8-1-12(17)7-13(18)2-8/h1-2,4-7H,3H2. The van der Waals surface area contributed by atoms with Crippen LogP contribution >= 0.6 is 23.2 Å². The molecule has 0 N–H and O–H groups in total. The minimum Gasteiger partial charge on any atom is -0.294 e. The van der Waals surface area contributed by atoms with Gasteiger partial charge < -0.3 is 0 Å². The Bertz CT molecular complexity index is 601. The molecule has 5 heteroatoms. The van der Waals surface area contributed by atoms with Crippen LogP contribution in [-0.2, 0) is 6.42 Å². The van der Waals surface area contributed by atoms with E-state index in [1.807, 2.05) is 0 Å². The van der Waals surface area contributed by atoms with Crippen molar-refractivity contribution < 1.29 is 13.6 Å². The molecular weight excluding hydrogens is 293 g/mol. The number of halogens is 4. The third-order valence-corrected chi connectivity index (χ3v) is 2.91. The Labute approximate surface area is 118 Å². The average molecular weight is 301 g/mol. The molecular formula is C14H8Cl2F2O. The first-order valence-corrected chi connectivity index (χ1v) is 6.14. The number of hydrogen-bond acceptors (Lipinski definition) is 1. The highest BCUT2D eigenvalue weighted by Crippen LogP contribution is 2.20. The minimum atomic E-state index is -0.716. The largest absolute Gasteiger partial charge is 0.294 e. The van der Waals surface area contributed by atoms with Gasteiger partial charge in [-0.2, -0.15) is 0 Å². The van der Waals surface area contributed by atoms with Gasteiger partial charge in [0.1, 0.15) is 11.6 Å². The molecule has 0 bridgehead atoms. The van der Waals surface area contributed by atoms with E-state index in [4.69, 9.17) is 23.2 Å². The second kappa shape index (κ2) is 5.68. The normalized spacial score (nSPS) is 10.5. The fraction of sp³-hybridized carbons (Fsp3) is 0.0714. The van der Waals surface area contributed by atoms with E-state index in [0.29, 0.717) is 15.6 Å². The maximum atomic E-state index is 13.0. The molecule has 0 amide bonds. The van der Waals surface area contributed by atoms with Crippen molar-refractivity contribution in [2.75, 3.05) is 0 Å². The van der Waals surface area contributed by atoms with Crippen LogP contribution < -0.4 is 0 Å². The third-order valence-electron chi connectivity index (χ3n) is 2.47. The average Bonchev–Trinajstić information content (AvgIpc) is 2.25. The van der Waals surface area contributed by atoms with Gasteiger partial charge in [0, 0.05) is 28.1 Å². The molecule has 0 unspecified atom stereocenters. The quantitative estimate of drug-likeness (QED) is 0.751. The highest BCUT2D eigenvalue weighted by atomic mass is 35.5. The van der Waals surface area contributed by atoms with Gasteiger partial charge in [-0.25, -0.2) is 8.78 Å². The van der Waals surface area contributed by atoms with Crippen molar-refractivity contribution in [1.82, 2.24) is 0 Å². The lowest BCUT2D eigenvalue weighted by Gasteiger charge is -2.04. The van der Waals surface area contributed by atoms with E-state index in [1.54, 1.807) is 0 Å². The molecule has 0 saturated heterocycles. The first-order chi connectivity index (χ1) is 8.94. The highest BCUT2D eigenvalue weighted by molar-refractivity contribution is 6.35. The molecule has 2 rings (SSSR count). The third kappa shape index (κ3) is 3.75. The van der Waals surface area contributed by atoms with Crippen molar-refractivity contribution in [2.45, 2.75) is 6.42 Å². The number of Topliss-reactive ketones (excluding diaryl/α,β-unsaturated/α-hetero) is 1. The molecule has 98 valence electrons. The van der Waals surface area contributed by atoms with E-state index >= 15 is 0 Å². The second-order valence-corrected chi connectivity index (χ2v) is 4.91. The summed E-state index contributed by atoms with van der Waals surface area (Å²) in [5.74, 6) is -1.74. The maximum Gasteiger partial charge on any atom is 0.167 e. The summed E-state index contributed by atoms with van der Waals surface area (Å²) in [5, 5.41) is 0.669. The number of carbonyl (C=O) groups is 1. The molecule has 0 radical (unpaired) electrons. The summed E-state index contributed by atoms with van der Waals surface area (Å²) in [7, 11) is 0. The molecule has 2 aromatic carbocycles. The molecule has 19 heavy (non-hydrogen) atoms. The summed E-state index contributed by atoms with van der Waals surface area (Å²) in [6, 6.07) is 7.42. The Hall–Kier alpha value is -1.45. The lowest BCUT2D eigenvalue weighted by atomic mass is 10.0. The van der Waals surface area contributed by atoms with Crippen LogP contribution in [0.4, 0.5) is 8.78 Å². The first-order valence-electron chi connectivity index (χ1n) is 5.38. The lowest BCUT2D eigenvalue weighted by Crippen LogP contribution is -2.04. The minimum absolute atomic E-state index is 0.120. The number of carbonyl (C=O) groups excluding carboxylic acids is 1. The van der Waals surface area contributed by atoms with Crippen LogP contribution in [0.15, 0.2) is 36.4 Å². The van der Waals surface area contributed by atoms with Crippen LogP contribution in [-0.4, -0.2) is 5.78 Å². The molecule has 0 aliphatic carbocycles. The van der Waals surface area contributed by atoms with Crippen LogP contribution in [0.5, 0.6) is 0 Å². The Morgan fingerprint density at radius 2 is 1.42 bits per heavy atom. The Morgan fingerprint density at radius 1 is 0.895 bits per heavy atom. The van der Waals surface area contributed by atoms with Gasteiger partial charge in [-0.15, -0.1) is 0 Å². The zero-order valence-electron chi connectivity index (χ0n) is 9.59. The SMILES string of the molecule is O=C(Cc1cc(F)cc(F)c1)c1cc(Cl)cc(Cl)c1. The van der Waals surface area contributed by atoms with E-state index < -0.39 is 11.6 Å². The van der Waals surface area contributed by atoms with E-state index in [1.165, 1.54) is 18.2 Å². The van der Waals surface area contributed by atoms with Gasteiger partial charge in [-0.1, -0.05) is 23.2 Å². The highest BCUT2D eigenvalue weighted by Gasteiger charge is 2.10. The van der Waals surface area contributed by atoms with E-state index in [0.717, 1.165) is 18.2 Å². The fourth-order valence-corrected chi connectivity index (χ4v) is 2.24. The summed E-state index contributed by atoms with van der Waals surface area (Å²) in [4.78, 5) is 12.0. The van der Waals surface area contributed by atoms with Gasteiger partial charge in [-0.05, 0) is 35.9 Å². The van der Waals surface area contributed by atoms with Crippen molar-refractivity contribution in [3.63, 3.8) is 0 Å². The van der Waals surface area contributed by atoms with Gasteiger partial charge >= 0.3 is 0 Å². The first kappa shape index (κ1) is 14.0. The molecule has 2 aromatic rings. The molecule has 0 aliphatic heterocycles. The predicted molar refractivity (Wildman–Crippen MR) is 70.9 cm³/mol. The summed E-state index contributed by atoms with van der Waals surface area (Å²) < 4.78 is 26.0. The molecule has 0 heterocycles. The lowest BCUT2D eigenvalue weighted by molar-refractivity contribution is 0.0993. The van der Waals surface area contributed by atoms with Crippen LogP contribution in [0.2, 0.25) is 10.0 Å². The summed E-state index contributed by atoms with van der Waals surface area (Å²) in [6.07, 6.45) is -0.120. The zero-order chi connectivity index (χ0) is 14.0. The van der Waals surface area contributed by atoms with Gasteiger partial charge in [0.25, 0.3) is 0 Å². The zero-order valence-corrected chi connectivity index (χ0v) is 11.1. The predicted octanol–water partition coefficient (Wildman–Crippen LogP) is 4.70. The van der Waals surface area contributed by atoms with E-state index in [-0.39, 0.29) is 17.8 Å². The Morgan fingerprint density at radius 3 is 1.95 bits per heavy atom. The smallest absolute Gasteiger partial charge is 0.167 e. The number of rotatable bonds is 3. The molecule has 0 saturated carbocycles. The van der Waals surface area contributed by atoms with Crippen molar-refractivity contribution in [3.05, 3.63) is 69.2 Å². The number of hydrogen-bond donors (Lipinski definition) is 0. The van der Waals surface area contributed by atoms with Crippen LogP contribution in [0.25, 0.3) is 0 Å². The number of benzene rings is 2. The molecule has 0 aromatic heterocycles. The summed E-state index contributed by atoms with van der Waals surface area (Å²) in [6.45, 7) is 0. The van der Waals surface area contributed by atoms with Crippen molar-refractivity contribution in [1.29, 1.82) is 0 Å². The van der Waals surface area contributed by atoms with Crippen LogP contribution in [0, 0.1) is 11.6 Å². The van der Waals surface area contributed by atoms with Crippen LogP contribution in [0.1, 0.15) is 15.9 Å². The van der Waals surface area contributed by atoms with Gasteiger partial charge in [-0.3, -0.25) is 4.79 Å². The van der Waals surface area contributed by atoms with Crippen molar-refractivity contribution >= 4 is 29.0 Å². The van der Waals surface area contributed by atoms with Crippen molar-refractivity contribution in [3.8, 4) is 0 Å². The topological polar surface area (TPSA) is 17.1 Å². The molecule has 0 atom stereocenters. The number of ketones is 1. The summed E-state index contributed by atoms with van der Waals surface area (Å²) >= 11 is 11.6. The fourth-order valence-electron chi connectivity index (χ4n) is 1.72. The maximum absolute atomic E-state index is 13.0. The monoisotopic (exact) mass is 300 g/mol. The molecule has 1 nitrogen and oxygen atoms in total. The van der Waals surface area contributed by atoms with Gasteiger partial charge in [0.15, 0.2) is 5.78 Å².